The molecule has 0 radical (unpaired) electrons. The highest BCUT2D eigenvalue weighted by molar-refractivity contribution is 5.28. The van der Waals surface area contributed by atoms with Crippen LogP contribution in [0, 0.1) is 5.92 Å². The van der Waals surface area contributed by atoms with E-state index in [2.05, 4.69) is 19.2 Å². The molecular weight excluding hydrogens is 202 g/mol. The molecule has 0 bridgehead atoms. The maximum Gasteiger partial charge on any atom is 0.115 e. The maximum atomic E-state index is 9.38. The summed E-state index contributed by atoms with van der Waals surface area (Å²) in [6, 6.07) is 7.59. The van der Waals surface area contributed by atoms with Crippen LogP contribution in [0.5, 0.6) is 5.75 Å². The normalized spacial score (nSPS) is 14.7. The van der Waals surface area contributed by atoms with E-state index in [9.17, 15) is 5.11 Å². The highest BCUT2D eigenvalue weighted by atomic mass is 16.5. The van der Waals surface area contributed by atoms with Gasteiger partial charge in [-0.15, -0.1) is 0 Å². The number of rotatable bonds is 6. The molecule has 2 N–H and O–H groups in total. The van der Waals surface area contributed by atoms with Gasteiger partial charge >= 0.3 is 0 Å². The predicted molar refractivity (Wildman–Crippen MR) is 65.6 cm³/mol. The Morgan fingerprint density at radius 3 is 2.75 bits per heavy atom. The molecule has 0 aromatic heterocycles. The van der Waals surface area contributed by atoms with Crippen LogP contribution in [0.4, 0.5) is 0 Å². The molecular formula is C13H21NO2. The fraction of sp³-hybridized carbons (Fsp3) is 0.538. The Balaban J connectivity index is 2.43. The maximum absolute atomic E-state index is 9.38. The van der Waals surface area contributed by atoms with Crippen LogP contribution < -0.4 is 5.32 Å². The molecule has 1 aromatic rings. The third-order valence-corrected chi connectivity index (χ3v) is 2.59. The van der Waals surface area contributed by atoms with Gasteiger partial charge in [-0.2, -0.15) is 0 Å². The molecule has 16 heavy (non-hydrogen) atoms. The first kappa shape index (κ1) is 13.0. The zero-order chi connectivity index (χ0) is 12.0. The Morgan fingerprint density at radius 1 is 1.38 bits per heavy atom. The van der Waals surface area contributed by atoms with E-state index in [1.54, 1.807) is 19.2 Å². The number of ether oxygens (including phenoxy) is 1. The van der Waals surface area contributed by atoms with Crippen LogP contribution in [-0.4, -0.2) is 25.4 Å². The quantitative estimate of drug-likeness (QED) is 0.777. The number of methoxy groups -OCH3 is 1. The first-order valence-corrected chi connectivity index (χ1v) is 5.64. The number of phenolic OH excluding ortho intramolecular Hbond substituents is 1. The fourth-order valence-corrected chi connectivity index (χ4v) is 1.63. The van der Waals surface area contributed by atoms with Gasteiger partial charge in [0.2, 0.25) is 0 Å². The highest BCUT2D eigenvalue weighted by Gasteiger charge is 2.07. The number of hydrogen-bond acceptors (Lipinski definition) is 3. The lowest BCUT2D eigenvalue weighted by Crippen LogP contribution is -2.26. The number of phenols is 1. The topological polar surface area (TPSA) is 41.5 Å². The lowest BCUT2D eigenvalue weighted by molar-refractivity contribution is 0.157. The summed E-state index contributed by atoms with van der Waals surface area (Å²) in [6.07, 6.45) is 0. The van der Waals surface area contributed by atoms with Gasteiger partial charge in [-0.3, -0.25) is 0 Å². The van der Waals surface area contributed by atoms with Gasteiger partial charge < -0.3 is 15.2 Å². The average molecular weight is 223 g/mol. The van der Waals surface area contributed by atoms with Gasteiger partial charge in [0.25, 0.3) is 0 Å². The van der Waals surface area contributed by atoms with Crippen LogP contribution in [0.2, 0.25) is 0 Å². The van der Waals surface area contributed by atoms with Gasteiger partial charge in [-0.1, -0.05) is 19.1 Å². The van der Waals surface area contributed by atoms with Crippen molar-refractivity contribution in [3.63, 3.8) is 0 Å². The summed E-state index contributed by atoms with van der Waals surface area (Å²) in [5.74, 6) is 0.806. The average Bonchev–Trinajstić information content (AvgIpc) is 2.26. The first-order chi connectivity index (χ1) is 7.63. The van der Waals surface area contributed by atoms with E-state index in [0.717, 1.165) is 18.7 Å². The number of nitrogens with one attached hydrogen (secondary N) is 1. The minimum absolute atomic E-state index is 0.242. The minimum atomic E-state index is 0.242. The molecule has 0 spiro atoms. The molecule has 3 nitrogen and oxygen atoms in total. The van der Waals surface area contributed by atoms with E-state index in [-0.39, 0.29) is 6.04 Å². The van der Waals surface area contributed by atoms with Crippen molar-refractivity contribution in [3.05, 3.63) is 29.8 Å². The van der Waals surface area contributed by atoms with E-state index >= 15 is 0 Å². The fourth-order valence-electron chi connectivity index (χ4n) is 1.63. The van der Waals surface area contributed by atoms with Crippen LogP contribution >= 0.6 is 0 Å². The van der Waals surface area contributed by atoms with Crippen LogP contribution in [0.1, 0.15) is 25.5 Å². The zero-order valence-electron chi connectivity index (χ0n) is 10.2. The molecule has 0 amide bonds. The molecule has 0 fully saturated rings. The van der Waals surface area contributed by atoms with Crippen molar-refractivity contribution in [3.8, 4) is 5.75 Å². The van der Waals surface area contributed by atoms with E-state index in [0.29, 0.717) is 11.7 Å². The first-order valence-electron chi connectivity index (χ1n) is 5.64. The van der Waals surface area contributed by atoms with Gasteiger partial charge in [0.05, 0.1) is 0 Å². The van der Waals surface area contributed by atoms with Gasteiger partial charge in [0.15, 0.2) is 0 Å². The molecule has 3 heteroatoms. The molecule has 90 valence electrons. The van der Waals surface area contributed by atoms with Crippen molar-refractivity contribution >= 4 is 0 Å². The molecule has 0 heterocycles. The third-order valence-electron chi connectivity index (χ3n) is 2.59. The number of hydrogen-bond donors (Lipinski definition) is 2. The van der Waals surface area contributed by atoms with E-state index in [1.165, 1.54) is 0 Å². The molecule has 0 saturated heterocycles. The van der Waals surface area contributed by atoms with E-state index in [1.807, 2.05) is 12.1 Å². The summed E-state index contributed by atoms with van der Waals surface area (Å²) in [7, 11) is 1.72. The predicted octanol–water partition coefficient (Wildman–Crippen LogP) is 2.33. The van der Waals surface area contributed by atoms with Gasteiger partial charge in [-0.05, 0) is 30.5 Å². The Kier molecular flexibility index (Phi) is 5.29. The SMILES string of the molecule is COCC(C)CNC(C)c1cccc(O)c1. The van der Waals surface area contributed by atoms with Crippen molar-refractivity contribution in [2.45, 2.75) is 19.9 Å². The largest absolute Gasteiger partial charge is 0.508 e. The van der Waals surface area contributed by atoms with Crippen molar-refractivity contribution in [1.29, 1.82) is 0 Å². The van der Waals surface area contributed by atoms with Crippen LogP contribution in [-0.2, 0) is 4.74 Å². The van der Waals surface area contributed by atoms with Crippen molar-refractivity contribution < 1.29 is 9.84 Å². The Morgan fingerprint density at radius 2 is 2.12 bits per heavy atom. The van der Waals surface area contributed by atoms with Gasteiger partial charge in [-0.25, -0.2) is 0 Å². The molecule has 0 saturated carbocycles. The molecule has 0 aliphatic carbocycles. The van der Waals surface area contributed by atoms with E-state index < -0.39 is 0 Å². The minimum Gasteiger partial charge on any atom is -0.508 e. The van der Waals surface area contributed by atoms with Crippen molar-refractivity contribution in [2.75, 3.05) is 20.3 Å². The molecule has 2 unspecified atom stereocenters. The van der Waals surface area contributed by atoms with Gasteiger partial charge in [0.1, 0.15) is 5.75 Å². The Hall–Kier alpha value is -1.06. The summed E-state index contributed by atoms with van der Waals surface area (Å²) in [5.41, 5.74) is 1.10. The monoisotopic (exact) mass is 223 g/mol. The standard InChI is InChI=1S/C13H21NO2/c1-10(9-16-3)8-14-11(2)12-5-4-6-13(15)7-12/h4-7,10-11,14-15H,8-9H2,1-3H3. The smallest absolute Gasteiger partial charge is 0.115 e. The molecule has 1 rings (SSSR count). The van der Waals surface area contributed by atoms with Crippen molar-refractivity contribution in [1.82, 2.24) is 5.32 Å². The summed E-state index contributed by atoms with van der Waals surface area (Å²) in [4.78, 5) is 0. The lowest BCUT2D eigenvalue weighted by Gasteiger charge is -2.17. The highest BCUT2D eigenvalue weighted by Crippen LogP contribution is 2.17. The number of benzene rings is 1. The second kappa shape index (κ2) is 6.51. The summed E-state index contributed by atoms with van der Waals surface area (Å²) >= 11 is 0. The van der Waals surface area contributed by atoms with E-state index in [4.69, 9.17) is 4.74 Å². The summed E-state index contributed by atoms with van der Waals surface area (Å²) < 4.78 is 5.08. The third kappa shape index (κ3) is 4.21. The molecule has 0 aliphatic heterocycles. The number of aromatic hydroxyl groups is 1. The Bertz CT molecular complexity index is 315. The Labute approximate surface area is 97.4 Å². The molecule has 2 atom stereocenters. The van der Waals surface area contributed by atoms with Crippen LogP contribution in [0.15, 0.2) is 24.3 Å². The molecule has 0 aliphatic rings. The lowest BCUT2D eigenvalue weighted by atomic mass is 10.1. The van der Waals surface area contributed by atoms with Crippen LogP contribution in [0.3, 0.4) is 0 Å². The zero-order valence-corrected chi connectivity index (χ0v) is 10.2. The van der Waals surface area contributed by atoms with Crippen LogP contribution in [0.25, 0.3) is 0 Å². The molecule has 1 aromatic carbocycles. The van der Waals surface area contributed by atoms with Gasteiger partial charge in [0, 0.05) is 26.3 Å². The second-order valence-electron chi connectivity index (χ2n) is 4.29. The van der Waals surface area contributed by atoms with Crippen molar-refractivity contribution in [2.24, 2.45) is 5.92 Å². The summed E-state index contributed by atoms with van der Waals surface area (Å²) in [5, 5.41) is 12.8. The second-order valence-corrected chi connectivity index (χ2v) is 4.29. The summed E-state index contributed by atoms with van der Waals surface area (Å²) in [6.45, 7) is 5.91.